The van der Waals surface area contributed by atoms with E-state index in [1.54, 1.807) is 30.3 Å². The van der Waals surface area contributed by atoms with Gasteiger partial charge < -0.3 is 19.9 Å². The van der Waals surface area contributed by atoms with Crippen molar-refractivity contribution in [1.29, 1.82) is 0 Å². The van der Waals surface area contributed by atoms with Gasteiger partial charge in [0.25, 0.3) is 0 Å². The number of carbonyl (C=O) groups excluding carboxylic acids is 1. The number of carbonyl (C=O) groups is 2. The van der Waals surface area contributed by atoms with Crippen LogP contribution in [0.4, 0.5) is 0 Å². The number of rotatable bonds is 8. The highest BCUT2D eigenvalue weighted by atomic mass is 35.5. The molecule has 1 heterocycles. The zero-order chi connectivity index (χ0) is 22.4. The van der Waals surface area contributed by atoms with Crippen molar-refractivity contribution in [3.05, 3.63) is 57.6 Å². The molecule has 162 valence electrons. The summed E-state index contributed by atoms with van der Waals surface area (Å²) in [5.41, 5.74) is 1.55. The molecule has 1 atom stereocenters. The van der Waals surface area contributed by atoms with E-state index in [0.717, 1.165) is 17.3 Å². The number of aliphatic carboxylic acids is 1. The maximum absolute atomic E-state index is 11.7. The van der Waals surface area contributed by atoms with E-state index in [1.165, 1.54) is 13.3 Å². The Hall–Kier alpha value is -2.75. The Morgan fingerprint density at radius 3 is 2.74 bits per heavy atom. The number of thioether (sulfide) groups is 1. The predicted octanol–water partition coefficient (Wildman–Crippen LogP) is 3.98. The highest BCUT2D eigenvalue weighted by Crippen LogP contribution is 2.29. The topological polar surface area (TPSA) is 110 Å². The first-order valence-electron chi connectivity index (χ1n) is 8.91. The first kappa shape index (κ1) is 22.9. The van der Waals surface area contributed by atoms with Gasteiger partial charge in [0.1, 0.15) is 11.9 Å². The number of hydrogen-bond acceptors (Lipinski definition) is 7. The number of methoxy groups -OCH3 is 1. The van der Waals surface area contributed by atoms with Crippen molar-refractivity contribution in [2.45, 2.75) is 18.3 Å². The average Bonchev–Trinajstić information content (AvgIpc) is 3.07. The van der Waals surface area contributed by atoms with E-state index >= 15 is 0 Å². The normalized spacial score (nSPS) is 17.2. The summed E-state index contributed by atoms with van der Waals surface area (Å²) in [6.45, 7) is 0.281. The molecule has 2 N–H and O–H groups in total. The van der Waals surface area contributed by atoms with E-state index in [4.69, 9.17) is 37.8 Å². The molecule has 0 saturated carbocycles. The SMILES string of the molecule is COc1cc(C=NN=C2NC(=O)C(CC(=O)O)S2)ccc1OCc1ccc(Cl)c(Cl)c1. The van der Waals surface area contributed by atoms with E-state index in [0.29, 0.717) is 27.1 Å². The summed E-state index contributed by atoms with van der Waals surface area (Å²) in [6.07, 6.45) is 1.20. The minimum absolute atomic E-state index is 0.251. The van der Waals surface area contributed by atoms with Crippen LogP contribution in [-0.2, 0) is 16.2 Å². The minimum atomic E-state index is -1.05. The lowest BCUT2D eigenvalue weighted by molar-refractivity contribution is -0.138. The van der Waals surface area contributed by atoms with Gasteiger partial charge in [-0.25, -0.2) is 0 Å². The van der Waals surface area contributed by atoms with Gasteiger partial charge in [0.2, 0.25) is 5.91 Å². The third-order valence-electron chi connectivity index (χ3n) is 4.06. The lowest BCUT2D eigenvalue weighted by Crippen LogP contribution is -2.26. The molecule has 1 aliphatic rings. The number of carboxylic acids is 1. The van der Waals surface area contributed by atoms with Crippen molar-refractivity contribution >= 4 is 58.2 Å². The molecule has 8 nitrogen and oxygen atoms in total. The quantitative estimate of drug-likeness (QED) is 0.435. The van der Waals surface area contributed by atoms with E-state index in [-0.39, 0.29) is 18.2 Å². The minimum Gasteiger partial charge on any atom is -0.493 e. The Kier molecular flexibility index (Phi) is 7.78. The second-order valence-corrected chi connectivity index (χ2v) is 8.30. The van der Waals surface area contributed by atoms with E-state index in [9.17, 15) is 9.59 Å². The number of halogens is 2. The molecule has 0 aliphatic carbocycles. The summed E-state index contributed by atoms with van der Waals surface area (Å²) in [6, 6.07) is 10.5. The molecule has 1 fully saturated rings. The number of benzene rings is 2. The molecule has 0 aromatic heterocycles. The molecule has 1 saturated heterocycles. The van der Waals surface area contributed by atoms with E-state index in [2.05, 4.69) is 15.5 Å². The highest BCUT2D eigenvalue weighted by molar-refractivity contribution is 8.15. The van der Waals surface area contributed by atoms with E-state index in [1.807, 2.05) is 6.07 Å². The summed E-state index contributed by atoms with van der Waals surface area (Å²) >= 11 is 13.0. The molecule has 0 bridgehead atoms. The van der Waals surface area contributed by atoms with Gasteiger partial charge in [-0.3, -0.25) is 9.59 Å². The van der Waals surface area contributed by atoms with Gasteiger partial charge >= 0.3 is 5.97 Å². The summed E-state index contributed by atoms with van der Waals surface area (Å²) in [4.78, 5) is 22.5. The Balaban J connectivity index is 1.63. The molecule has 3 rings (SSSR count). The zero-order valence-corrected chi connectivity index (χ0v) is 18.5. The molecule has 2 aromatic rings. The van der Waals surface area contributed by atoms with Gasteiger partial charge in [0, 0.05) is 0 Å². The summed E-state index contributed by atoms with van der Waals surface area (Å²) in [7, 11) is 1.52. The fraction of sp³-hybridized carbons (Fsp3) is 0.200. The van der Waals surface area contributed by atoms with Crippen LogP contribution in [0.1, 0.15) is 17.5 Å². The third kappa shape index (κ3) is 6.36. The monoisotopic (exact) mass is 481 g/mol. The Labute approximate surface area is 192 Å². The Morgan fingerprint density at radius 2 is 2.03 bits per heavy atom. The molecule has 2 aromatic carbocycles. The number of ether oxygens (including phenoxy) is 2. The van der Waals surface area contributed by atoms with Crippen LogP contribution in [0.15, 0.2) is 46.6 Å². The van der Waals surface area contributed by atoms with Crippen molar-refractivity contribution in [3.63, 3.8) is 0 Å². The third-order valence-corrected chi connectivity index (χ3v) is 5.87. The molecular formula is C20H17Cl2N3O5S. The number of amidine groups is 1. The second-order valence-electron chi connectivity index (χ2n) is 6.29. The molecule has 11 heteroatoms. The van der Waals surface area contributed by atoms with Gasteiger partial charge in [-0.15, -0.1) is 5.10 Å². The number of hydrogen-bond donors (Lipinski definition) is 2. The first-order chi connectivity index (χ1) is 14.9. The number of nitrogens with one attached hydrogen (secondary N) is 1. The number of carboxylic acid groups (broad SMARTS) is 1. The maximum atomic E-state index is 11.7. The van der Waals surface area contributed by atoms with Crippen LogP contribution in [-0.4, -0.2) is 40.7 Å². The number of amides is 1. The molecule has 1 unspecified atom stereocenters. The molecule has 1 amide bonds. The van der Waals surface area contributed by atoms with Crippen molar-refractivity contribution in [1.82, 2.24) is 5.32 Å². The molecule has 31 heavy (non-hydrogen) atoms. The van der Waals surface area contributed by atoms with Crippen molar-refractivity contribution in [2.24, 2.45) is 10.2 Å². The van der Waals surface area contributed by atoms with E-state index < -0.39 is 17.1 Å². The molecule has 0 radical (unpaired) electrons. The largest absolute Gasteiger partial charge is 0.493 e. The number of nitrogens with zero attached hydrogens (tertiary/aromatic N) is 2. The van der Waals surface area contributed by atoms with Crippen LogP contribution in [0.2, 0.25) is 10.0 Å². The maximum Gasteiger partial charge on any atom is 0.305 e. The Bertz CT molecular complexity index is 1060. The van der Waals surface area contributed by atoms with Gasteiger partial charge in [0.05, 0.1) is 29.8 Å². The van der Waals surface area contributed by atoms with Gasteiger partial charge in [-0.2, -0.15) is 5.10 Å². The van der Waals surface area contributed by atoms with Crippen molar-refractivity contribution in [3.8, 4) is 11.5 Å². The van der Waals surface area contributed by atoms with Crippen LogP contribution < -0.4 is 14.8 Å². The predicted molar refractivity (Wildman–Crippen MR) is 121 cm³/mol. The van der Waals surface area contributed by atoms with Gasteiger partial charge in [0.15, 0.2) is 16.7 Å². The average molecular weight is 482 g/mol. The highest BCUT2D eigenvalue weighted by Gasteiger charge is 2.32. The lowest BCUT2D eigenvalue weighted by Gasteiger charge is -2.11. The smallest absolute Gasteiger partial charge is 0.305 e. The fourth-order valence-corrected chi connectivity index (χ4v) is 3.80. The lowest BCUT2D eigenvalue weighted by atomic mass is 10.2. The van der Waals surface area contributed by atoms with Gasteiger partial charge in [-0.05, 0) is 41.5 Å². The summed E-state index contributed by atoms with van der Waals surface area (Å²) < 4.78 is 11.2. The zero-order valence-electron chi connectivity index (χ0n) is 16.2. The van der Waals surface area contributed by atoms with Crippen molar-refractivity contribution < 1.29 is 24.2 Å². The van der Waals surface area contributed by atoms with Crippen molar-refractivity contribution in [2.75, 3.05) is 7.11 Å². The van der Waals surface area contributed by atoms with Crippen LogP contribution in [0, 0.1) is 0 Å². The van der Waals surface area contributed by atoms with Crippen LogP contribution in [0.5, 0.6) is 11.5 Å². The molecule has 1 aliphatic heterocycles. The molecular weight excluding hydrogens is 465 g/mol. The van der Waals surface area contributed by atoms with Crippen LogP contribution >= 0.6 is 35.0 Å². The second kappa shape index (κ2) is 10.5. The first-order valence-corrected chi connectivity index (χ1v) is 10.5. The Morgan fingerprint density at radius 1 is 1.23 bits per heavy atom. The summed E-state index contributed by atoms with van der Waals surface area (Å²) in [5.74, 6) is -0.411. The standard InChI is InChI=1S/C20H17Cl2N3O5S/c1-29-16-7-11(9-23-25-20-24-19(28)17(31-20)8-18(26)27)3-5-15(16)30-10-12-2-4-13(21)14(22)6-12/h2-7,9,17H,8,10H2,1H3,(H,26,27)(H,24,25,28). The summed E-state index contributed by atoms with van der Waals surface area (Å²) in [5, 5.41) is 19.6. The molecule has 0 spiro atoms. The van der Waals surface area contributed by atoms with Crippen LogP contribution in [0.25, 0.3) is 0 Å². The van der Waals surface area contributed by atoms with Crippen LogP contribution in [0.3, 0.4) is 0 Å². The van der Waals surface area contributed by atoms with Gasteiger partial charge in [-0.1, -0.05) is 41.0 Å². The fourth-order valence-electron chi connectivity index (χ4n) is 2.57.